The van der Waals surface area contributed by atoms with E-state index in [0.29, 0.717) is 0 Å². The molecule has 6 heteroatoms. The van der Waals surface area contributed by atoms with Crippen LogP contribution in [0.4, 0.5) is 0 Å². The molecule has 3 N–H and O–H groups in total. The standard InChI is InChI=1S/C21H33N3O3/c1-2-3-4-5-6-7-8-9-10-11-16-27-19-14-12-18(13-15-19)17-23-24-21(26)20(22)25/h12-15,17H,2-11,16H2,1H3,(H2,22,25)(H,24,26)/b23-17-. The summed E-state index contributed by atoms with van der Waals surface area (Å²) in [6, 6.07) is 7.36. The summed E-state index contributed by atoms with van der Waals surface area (Å²) < 4.78 is 5.73. The minimum Gasteiger partial charge on any atom is -0.494 e. The van der Waals surface area contributed by atoms with E-state index in [1.807, 2.05) is 29.7 Å². The number of hydrazone groups is 1. The molecule has 0 saturated carbocycles. The van der Waals surface area contributed by atoms with Gasteiger partial charge in [0.15, 0.2) is 0 Å². The van der Waals surface area contributed by atoms with Gasteiger partial charge in [-0.1, -0.05) is 64.7 Å². The monoisotopic (exact) mass is 375 g/mol. The second-order valence-electron chi connectivity index (χ2n) is 6.66. The first-order valence-electron chi connectivity index (χ1n) is 9.99. The number of hydrogen-bond acceptors (Lipinski definition) is 4. The molecule has 1 rings (SSSR count). The predicted molar refractivity (Wildman–Crippen MR) is 109 cm³/mol. The number of amides is 2. The number of nitrogens with one attached hydrogen (secondary N) is 1. The zero-order valence-electron chi connectivity index (χ0n) is 16.4. The molecule has 0 heterocycles. The molecule has 6 nitrogen and oxygen atoms in total. The van der Waals surface area contributed by atoms with Crippen molar-refractivity contribution in [3.8, 4) is 5.75 Å². The smallest absolute Gasteiger partial charge is 0.329 e. The highest BCUT2D eigenvalue weighted by atomic mass is 16.5. The number of unbranched alkanes of at least 4 members (excludes halogenated alkanes) is 9. The fourth-order valence-corrected chi connectivity index (χ4v) is 2.65. The lowest BCUT2D eigenvalue weighted by atomic mass is 10.1. The van der Waals surface area contributed by atoms with Gasteiger partial charge in [-0.2, -0.15) is 5.10 Å². The van der Waals surface area contributed by atoms with E-state index in [-0.39, 0.29) is 0 Å². The first-order valence-corrected chi connectivity index (χ1v) is 9.99. The summed E-state index contributed by atoms with van der Waals surface area (Å²) in [6.07, 6.45) is 14.5. The Bertz CT molecular complexity index is 571. The number of hydrogen-bond donors (Lipinski definition) is 2. The highest BCUT2D eigenvalue weighted by Crippen LogP contribution is 2.13. The maximum Gasteiger partial charge on any atom is 0.329 e. The van der Waals surface area contributed by atoms with Crippen molar-refractivity contribution in [1.29, 1.82) is 0 Å². The summed E-state index contributed by atoms with van der Waals surface area (Å²) in [6.45, 7) is 2.97. The van der Waals surface area contributed by atoms with E-state index >= 15 is 0 Å². The zero-order chi connectivity index (χ0) is 19.7. The Morgan fingerprint density at radius 3 is 2.07 bits per heavy atom. The molecule has 0 aromatic heterocycles. The lowest BCUT2D eigenvalue weighted by Gasteiger charge is -2.06. The topological polar surface area (TPSA) is 93.8 Å². The van der Waals surface area contributed by atoms with Gasteiger partial charge in [0.1, 0.15) is 5.75 Å². The number of carbonyl (C=O) groups is 2. The van der Waals surface area contributed by atoms with Gasteiger partial charge in [-0.05, 0) is 36.2 Å². The fourth-order valence-electron chi connectivity index (χ4n) is 2.65. The Hall–Kier alpha value is -2.37. The summed E-state index contributed by atoms with van der Waals surface area (Å²) in [4.78, 5) is 21.5. The number of ether oxygens (including phenoxy) is 1. The normalized spacial score (nSPS) is 10.9. The second kappa shape index (κ2) is 14.8. The summed E-state index contributed by atoms with van der Waals surface area (Å²) in [7, 11) is 0. The Balaban J connectivity index is 2.07. The molecule has 0 radical (unpaired) electrons. The summed E-state index contributed by atoms with van der Waals surface area (Å²) >= 11 is 0. The van der Waals surface area contributed by atoms with Crippen molar-refractivity contribution in [2.75, 3.05) is 6.61 Å². The van der Waals surface area contributed by atoms with Gasteiger partial charge in [-0.15, -0.1) is 0 Å². The lowest BCUT2D eigenvalue weighted by Crippen LogP contribution is -2.32. The van der Waals surface area contributed by atoms with Crippen LogP contribution < -0.4 is 15.9 Å². The molecule has 0 fully saturated rings. The summed E-state index contributed by atoms with van der Waals surface area (Å²) in [5.74, 6) is -1.20. The van der Waals surface area contributed by atoms with Gasteiger partial charge in [-0.25, -0.2) is 5.43 Å². The van der Waals surface area contributed by atoms with Gasteiger partial charge >= 0.3 is 11.8 Å². The molecule has 2 amide bonds. The largest absolute Gasteiger partial charge is 0.494 e. The van der Waals surface area contributed by atoms with Crippen molar-refractivity contribution in [3.05, 3.63) is 29.8 Å². The van der Waals surface area contributed by atoms with E-state index in [1.165, 1.54) is 64.0 Å². The van der Waals surface area contributed by atoms with Gasteiger partial charge < -0.3 is 10.5 Å². The predicted octanol–water partition coefficient (Wildman–Crippen LogP) is 3.92. The average molecular weight is 376 g/mol. The number of primary amides is 1. The average Bonchev–Trinajstić information content (AvgIpc) is 2.67. The Morgan fingerprint density at radius 2 is 1.52 bits per heavy atom. The van der Waals surface area contributed by atoms with Gasteiger partial charge in [0.2, 0.25) is 0 Å². The molecule has 0 aliphatic rings. The van der Waals surface area contributed by atoms with Crippen LogP contribution in [0.15, 0.2) is 29.4 Å². The SMILES string of the molecule is CCCCCCCCCCCCOc1ccc(/C=N\NC(=O)C(N)=O)cc1. The van der Waals surface area contributed by atoms with Gasteiger partial charge in [0.05, 0.1) is 12.8 Å². The molecule has 0 saturated heterocycles. The number of rotatable bonds is 14. The van der Waals surface area contributed by atoms with Crippen molar-refractivity contribution < 1.29 is 14.3 Å². The molecule has 0 aliphatic carbocycles. The van der Waals surface area contributed by atoms with Crippen LogP contribution in [0.3, 0.4) is 0 Å². The van der Waals surface area contributed by atoms with Gasteiger partial charge in [-0.3, -0.25) is 9.59 Å². The summed E-state index contributed by atoms with van der Waals surface area (Å²) in [5, 5.41) is 3.66. The van der Waals surface area contributed by atoms with E-state index in [0.717, 1.165) is 24.3 Å². The van der Waals surface area contributed by atoms with E-state index in [1.54, 1.807) is 0 Å². The van der Waals surface area contributed by atoms with Crippen molar-refractivity contribution in [2.24, 2.45) is 10.8 Å². The van der Waals surface area contributed by atoms with Gasteiger partial charge in [0.25, 0.3) is 0 Å². The third kappa shape index (κ3) is 11.8. The van der Waals surface area contributed by atoms with Crippen LogP contribution in [-0.2, 0) is 9.59 Å². The molecule has 27 heavy (non-hydrogen) atoms. The number of benzene rings is 1. The van der Waals surface area contributed by atoms with Crippen molar-refractivity contribution in [1.82, 2.24) is 5.43 Å². The van der Waals surface area contributed by atoms with Crippen molar-refractivity contribution in [3.63, 3.8) is 0 Å². The zero-order valence-corrected chi connectivity index (χ0v) is 16.4. The van der Waals surface area contributed by atoms with E-state index < -0.39 is 11.8 Å². The molecule has 0 bridgehead atoms. The minimum atomic E-state index is -1.07. The minimum absolute atomic E-state index is 0.721. The highest BCUT2D eigenvalue weighted by Gasteiger charge is 2.05. The molecular weight excluding hydrogens is 342 g/mol. The quantitative estimate of drug-likeness (QED) is 0.223. The van der Waals surface area contributed by atoms with Crippen LogP contribution in [-0.4, -0.2) is 24.6 Å². The van der Waals surface area contributed by atoms with Gasteiger partial charge in [0, 0.05) is 0 Å². The number of nitrogens with two attached hydrogens (primary N) is 1. The first-order chi connectivity index (χ1) is 13.1. The van der Waals surface area contributed by atoms with Crippen molar-refractivity contribution in [2.45, 2.75) is 71.1 Å². The van der Waals surface area contributed by atoms with Crippen LogP contribution in [0, 0.1) is 0 Å². The lowest BCUT2D eigenvalue weighted by molar-refractivity contribution is -0.137. The van der Waals surface area contributed by atoms with Crippen LogP contribution in [0.5, 0.6) is 5.75 Å². The Kier molecular flexibility index (Phi) is 12.4. The van der Waals surface area contributed by atoms with E-state index in [2.05, 4.69) is 12.0 Å². The Labute approximate surface area is 162 Å². The van der Waals surface area contributed by atoms with Crippen LogP contribution >= 0.6 is 0 Å². The van der Waals surface area contributed by atoms with E-state index in [4.69, 9.17) is 10.5 Å². The molecule has 0 aliphatic heterocycles. The number of carbonyl (C=O) groups excluding carboxylic acids is 2. The molecule has 0 unspecified atom stereocenters. The molecule has 1 aromatic carbocycles. The second-order valence-corrected chi connectivity index (χ2v) is 6.66. The Morgan fingerprint density at radius 1 is 0.963 bits per heavy atom. The molecule has 1 aromatic rings. The maximum atomic E-state index is 11.0. The molecule has 0 atom stereocenters. The maximum absolute atomic E-state index is 11.0. The third-order valence-electron chi connectivity index (χ3n) is 4.25. The molecular formula is C21H33N3O3. The first kappa shape index (κ1) is 22.7. The van der Waals surface area contributed by atoms with Crippen LogP contribution in [0.25, 0.3) is 0 Å². The third-order valence-corrected chi connectivity index (χ3v) is 4.25. The number of nitrogens with zero attached hydrogens (tertiary/aromatic N) is 1. The highest BCUT2D eigenvalue weighted by molar-refractivity contribution is 6.34. The van der Waals surface area contributed by atoms with Crippen LogP contribution in [0.1, 0.15) is 76.7 Å². The molecule has 150 valence electrons. The van der Waals surface area contributed by atoms with E-state index in [9.17, 15) is 9.59 Å². The molecule has 0 spiro atoms. The summed E-state index contributed by atoms with van der Waals surface area (Å²) in [5.41, 5.74) is 7.64. The van der Waals surface area contributed by atoms with Crippen molar-refractivity contribution >= 4 is 18.0 Å². The fraction of sp³-hybridized carbons (Fsp3) is 0.571. The van der Waals surface area contributed by atoms with Crippen LogP contribution in [0.2, 0.25) is 0 Å².